The molecule has 1 aliphatic rings. The summed E-state index contributed by atoms with van der Waals surface area (Å²) < 4.78 is 55.7. The van der Waals surface area contributed by atoms with Crippen LogP contribution in [-0.2, 0) is 28.7 Å². The molecule has 0 radical (unpaired) electrons. The average Bonchev–Trinajstić information content (AvgIpc) is 3.43. The van der Waals surface area contributed by atoms with Crippen molar-refractivity contribution in [3.05, 3.63) is 85.2 Å². The van der Waals surface area contributed by atoms with E-state index in [0.717, 1.165) is 22.7 Å². The van der Waals surface area contributed by atoms with Gasteiger partial charge in [-0.15, -0.1) is 5.10 Å². The topological polar surface area (TPSA) is 134 Å². The summed E-state index contributed by atoms with van der Waals surface area (Å²) in [6.45, 7) is 1.89. The Morgan fingerprint density at radius 1 is 1.06 bits per heavy atom. The third-order valence-electron chi connectivity index (χ3n) is 7.47. The molecular formula is C29H26BrClF4N8O4. The van der Waals surface area contributed by atoms with Gasteiger partial charge in [0, 0.05) is 26.2 Å². The summed E-state index contributed by atoms with van der Waals surface area (Å²) in [5, 5.41) is 8.76. The second kappa shape index (κ2) is 13.7. The molecule has 1 fully saturated rings. The third-order valence-corrected chi connectivity index (χ3v) is 8.12. The van der Waals surface area contributed by atoms with Crippen molar-refractivity contribution in [1.29, 1.82) is 0 Å². The molecule has 12 nitrogen and oxygen atoms in total. The quantitative estimate of drug-likeness (QED) is 0.263. The van der Waals surface area contributed by atoms with Gasteiger partial charge in [0.05, 0.1) is 34.1 Å². The number of nitrogens with one attached hydrogen (secondary N) is 2. The number of piperazine rings is 1. The predicted molar refractivity (Wildman–Crippen MR) is 167 cm³/mol. The highest BCUT2D eigenvalue weighted by atomic mass is 79.9. The second-order valence-electron chi connectivity index (χ2n) is 10.4. The van der Waals surface area contributed by atoms with E-state index in [1.165, 1.54) is 27.7 Å². The van der Waals surface area contributed by atoms with Crippen molar-refractivity contribution < 1.29 is 31.9 Å². The maximum Gasteiger partial charge on any atom is 0.416 e. The number of anilines is 2. The molecular weight excluding hydrogens is 716 g/mol. The van der Waals surface area contributed by atoms with Gasteiger partial charge in [-0.2, -0.15) is 22.7 Å². The molecule has 2 N–H and O–H groups in total. The highest BCUT2D eigenvalue weighted by Crippen LogP contribution is 2.34. The fourth-order valence-corrected chi connectivity index (χ4v) is 5.76. The monoisotopic (exact) mass is 740 g/mol. The lowest BCUT2D eigenvalue weighted by Crippen LogP contribution is -2.52. The Labute approximate surface area is 277 Å². The molecule has 2 aromatic carbocycles. The molecule has 5 rings (SSSR count). The van der Waals surface area contributed by atoms with Gasteiger partial charge in [-0.25, -0.2) is 4.39 Å². The Bertz CT molecular complexity index is 1920. The van der Waals surface area contributed by atoms with E-state index in [1.807, 2.05) is 0 Å². The summed E-state index contributed by atoms with van der Waals surface area (Å²) in [5.74, 6) is -2.42. The Kier molecular flexibility index (Phi) is 9.86. The minimum Gasteiger partial charge on any atom is -0.362 e. The van der Waals surface area contributed by atoms with Crippen LogP contribution in [-0.4, -0.2) is 74.5 Å². The molecule has 0 aliphatic carbocycles. The van der Waals surface area contributed by atoms with E-state index in [0.29, 0.717) is 11.8 Å². The number of nitrogens with zero attached hydrogens (tertiary/aromatic N) is 6. The molecule has 2 aromatic heterocycles. The van der Waals surface area contributed by atoms with Crippen molar-refractivity contribution in [1.82, 2.24) is 29.4 Å². The van der Waals surface area contributed by atoms with Crippen LogP contribution in [0.2, 0.25) is 5.02 Å². The average molecular weight is 742 g/mol. The lowest BCUT2D eigenvalue weighted by Gasteiger charge is -2.36. The summed E-state index contributed by atoms with van der Waals surface area (Å²) in [5.41, 5.74) is -1.02. The van der Waals surface area contributed by atoms with Crippen LogP contribution in [0.25, 0.3) is 5.78 Å². The maximum absolute atomic E-state index is 13.9. The summed E-state index contributed by atoms with van der Waals surface area (Å²) in [6, 6.07) is 7.97. The number of carbonyl (C=O) groups excluding carboxylic acids is 3. The van der Waals surface area contributed by atoms with E-state index in [4.69, 9.17) is 11.6 Å². The Morgan fingerprint density at radius 2 is 1.77 bits per heavy atom. The largest absolute Gasteiger partial charge is 0.416 e. The first-order valence-corrected chi connectivity index (χ1v) is 15.4. The van der Waals surface area contributed by atoms with Gasteiger partial charge in [0.2, 0.25) is 22.3 Å². The van der Waals surface area contributed by atoms with Crippen LogP contribution in [0.15, 0.2) is 52.0 Å². The molecule has 0 saturated carbocycles. The van der Waals surface area contributed by atoms with Gasteiger partial charge in [0.15, 0.2) is 0 Å². The molecule has 1 aliphatic heterocycles. The van der Waals surface area contributed by atoms with Gasteiger partial charge >= 0.3 is 6.18 Å². The fourth-order valence-electron chi connectivity index (χ4n) is 5.22. The zero-order valence-corrected chi connectivity index (χ0v) is 26.9. The standard InChI is InChI=1S/C29H26BrClF4N8O4/c1-2-21-24(41-11-9-40(10-12-41)23(45)14-36-25(46)17-5-3-4-6-19(17)32)26(47)43-28(38-27(30)39-43)42(21)15-22(44)37-20-8-7-16(13-18(20)31)29(33,34)35/h3-8,13H,2,9-12,14-15H2,1H3,(H,36,46)(H,37,44). The number of carbonyl (C=O) groups is 3. The third kappa shape index (κ3) is 7.25. The normalized spacial score (nSPS) is 13.6. The zero-order chi connectivity index (χ0) is 34.0. The van der Waals surface area contributed by atoms with Crippen LogP contribution in [0.1, 0.15) is 28.5 Å². The number of rotatable bonds is 8. The summed E-state index contributed by atoms with van der Waals surface area (Å²) in [4.78, 5) is 59.5. The molecule has 0 spiro atoms. The van der Waals surface area contributed by atoms with Crippen molar-refractivity contribution in [2.75, 3.05) is 42.9 Å². The van der Waals surface area contributed by atoms with Crippen LogP contribution in [0.4, 0.5) is 28.9 Å². The number of aromatic nitrogens is 4. The Balaban J connectivity index is 1.33. The summed E-state index contributed by atoms with van der Waals surface area (Å²) in [7, 11) is 0. The van der Waals surface area contributed by atoms with Crippen LogP contribution in [0, 0.1) is 5.82 Å². The minimum absolute atomic E-state index is 0.0338. The number of amides is 3. The molecule has 0 bridgehead atoms. The van der Waals surface area contributed by atoms with E-state index in [1.54, 1.807) is 11.8 Å². The van der Waals surface area contributed by atoms with Crippen LogP contribution < -0.4 is 21.1 Å². The number of hydrogen-bond acceptors (Lipinski definition) is 7. The smallest absolute Gasteiger partial charge is 0.362 e. The first-order chi connectivity index (χ1) is 22.3. The predicted octanol–water partition coefficient (Wildman–Crippen LogP) is 3.74. The van der Waals surface area contributed by atoms with Crippen molar-refractivity contribution >= 4 is 62.4 Å². The molecule has 0 unspecified atom stereocenters. The van der Waals surface area contributed by atoms with Gasteiger partial charge in [-0.05, 0) is 52.7 Å². The molecule has 0 atom stereocenters. The fraction of sp³-hybridized carbons (Fsp3) is 0.310. The van der Waals surface area contributed by atoms with Gasteiger partial charge in [0.25, 0.3) is 11.5 Å². The molecule has 4 aromatic rings. The number of alkyl halides is 3. The van der Waals surface area contributed by atoms with E-state index >= 15 is 0 Å². The number of benzene rings is 2. The molecule has 47 heavy (non-hydrogen) atoms. The first-order valence-electron chi connectivity index (χ1n) is 14.2. The lowest BCUT2D eigenvalue weighted by atomic mass is 10.2. The van der Waals surface area contributed by atoms with E-state index in [-0.39, 0.29) is 78.2 Å². The molecule has 3 amide bonds. The van der Waals surface area contributed by atoms with Gasteiger partial charge in [-0.3, -0.25) is 19.2 Å². The highest BCUT2D eigenvalue weighted by Gasteiger charge is 2.32. The first kappa shape index (κ1) is 33.8. The van der Waals surface area contributed by atoms with Gasteiger partial charge in [0.1, 0.15) is 18.0 Å². The van der Waals surface area contributed by atoms with Crippen molar-refractivity contribution in [3.63, 3.8) is 0 Å². The van der Waals surface area contributed by atoms with Crippen molar-refractivity contribution in [2.24, 2.45) is 0 Å². The lowest BCUT2D eigenvalue weighted by molar-refractivity contribution is -0.137. The maximum atomic E-state index is 13.9. The van der Waals surface area contributed by atoms with E-state index < -0.39 is 40.8 Å². The van der Waals surface area contributed by atoms with Crippen molar-refractivity contribution in [3.8, 4) is 0 Å². The molecule has 3 heterocycles. The van der Waals surface area contributed by atoms with Crippen LogP contribution >= 0.6 is 27.5 Å². The number of fused-ring (bicyclic) bond motifs is 1. The molecule has 1 saturated heterocycles. The highest BCUT2D eigenvalue weighted by molar-refractivity contribution is 9.10. The summed E-state index contributed by atoms with van der Waals surface area (Å²) >= 11 is 9.19. The van der Waals surface area contributed by atoms with Crippen LogP contribution in [0.3, 0.4) is 0 Å². The summed E-state index contributed by atoms with van der Waals surface area (Å²) in [6.07, 6.45) is -4.33. The molecule has 18 heteroatoms. The Hall–Kier alpha value is -4.51. The zero-order valence-electron chi connectivity index (χ0n) is 24.6. The van der Waals surface area contributed by atoms with E-state index in [2.05, 4.69) is 36.6 Å². The molecule has 248 valence electrons. The number of halogens is 6. The van der Waals surface area contributed by atoms with Gasteiger partial charge < -0.3 is 25.0 Å². The second-order valence-corrected chi connectivity index (χ2v) is 11.5. The van der Waals surface area contributed by atoms with Gasteiger partial charge in [-0.1, -0.05) is 30.7 Å². The minimum atomic E-state index is -4.61. The van der Waals surface area contributed by atoms with Crippen molar-refractivity contribution in [2.45, 2.75) is 26.1 Å². The van der Waals surface area contributed by atoms with Crippen LogP contribution in [0.5, 0.6) is 0 Å². The number of hydrogen-bond donors (Lipinski definition) is 2. The van der Waals surface area contributed by atoms with E-state index in [9.17, 15) is 36.7 Å². The SMILES string of the molecule is CCc1c(N2CCN(C(=O)CNC(=O)c3ccccc3F)CC2)c(=O)n2nc(Br)nc2n1CC(=O)Nc1ccc(C(F)(F)F)cc1Cl. The Morgan fingerprint density at radius 3 is 2.40 bits per heavy atom.